The lowest BCUT2D eigenvalue weighted by Gasteiger charge is -2.28. The monoisotopic (exact) mass is 346 g/mol. The minimum absolute atomic E-state index is 0.246. The number of aryl methyl sites for hydroxylation is 1. The number of fused-ring (bicyclic) bond motifs is 1. The first-order chi connectivity index (χ1) is 11.6. The second-order valence-corrected chi connectivity index (χ2v) is 7.41. The largest absolute Gasteiger partial charge is 0.493 e. The van der Waals surface area contributed by atoms with Crippen molar-refractivity contribution in [3.05, 3.63) is 45.1 Å². The van der Waals surface area contributed by atoms with Crippen LogP contribution in [0, 0.1) is 6.92 Å². The number of benzene rings is 1. The van der Waals surface area contributed by atoms with E-state index in [1.54, 1.807) is 7.11 Å². The Balaban J connectivity index is 1.93. The third kappa shape index (κ3) is 3.58. The minimum atomic E-state index is 0.246. The van der Waals surface area contributed by atoms with Gasteiger partial charge in [-0.3, -0.25) is 0 Å². The average molecular weight is 346 g/mol. The van der Waals surface area contributed by atoms with E-state index in [-0.39, 0.29) is 6.04 Å². The zero-order chi connectivity index (χ0) is 17.1. The molecule has 130 valence electrons. The van der Waals surface area contributed by atoms with Crippen LogP contribution in [0.5, 0.6) is 11.5 Å². The smallest absolute Gasteiger partial charge is 0.161 e. The van der Waals surface area contributed by atoms with Gasteiger partial charge in [-0.25, -0.2) is 0 Å². The Hall–Kier alpha value is -1.56. The third-order valence-corrected chi connectivity index (χ3v) is 5.52. The van der Waals surface area contributed by atoms with Gasteiger partial charge in [0.05, 0.1) is 13.2 Å². The Kier molecular flexibility index (Phi) is 5.43. The molecule has 1 atom stereocenters. The summed E-state index contributed by atoms with van der Waals surface area (Å²) in [6.07, 6.45) is 1.02. The number of hydrogen-bond acceptors (Lipinski definition) is 5. The Bertz CT molecular complexity index is 697. The van der Waals surface area contributed by atoms with Gasteiger partial charge in [0.2, 0.25) is 0 Å². The van der Waals surface area contributed by atoms with Gasteiger partial charge in [0, 0.05) is 18.0 Å². The van der Waals surface area contributed by atoms with Gasteiger partial charge in [0.15, 0.2) is 11.5 Å². The van der Waals surface area contributed by atoms with Crippen LogP contribution in [-0.4, -0.2) is 45.8 Å². The van der Waals surface area contributed by atoms with Crippen LogP contribution in [0.25, 0.3) is 0 Å². The topological polar surface area (TPSA) is 33.7 Å². The maximum absolute atomic E-state index is 6.01. The summed E-state index contributed by atoms with van der Waals surface area (Å²) in [5.41, 5.74) is 4.01. The van der Waals surface area contributed by atoms with Crippen molar-refractivity contribution in [2.24, 2.45) is 0 Å². The van der Waals surface area contributed by atoms with Gasteiger partial charge < -0.3 is 19.7 Å². The SMILES string of the molecule is COc1cc2c(cc1OCCN(C)C)C(c1sccc1C)NCC2. The van der Waals surface area contributed by atoms with Gasteiger partial charge in [-0.1, -0.05) is 0 Å². The predicted molar refractivity (Wildman–Crippen MR) is 99.6 cm³/mol. The Morgan fingerprint density at radius 1 is 1.29 bits per heavy atom. The molecule has 1 unspecified atom stereocenters. The summed E-state index contributed by atoms with van der Waals surface area (Å²) in [7, 11) is 5.81. The number of ether oxygens (including phenoxy) is 2. The van der Waals surface area contributed by atoms with E-state index in [4.69, 9.17) is 9.47 Å². The van der Waals surface area contributed by atoms with Crippen molar-refractivity contribution >= 4 is 11.3 Å². The van der Waals surface area contributed by atoms with E-state index >= 15 is 0 Å². The molecule has 0 aliphatic carbocycles. The van der Waals surface area contributed by atoms with Gasteiger partial charge in [-0.05, 0) is 67.7 Å². The Labute approximate surface area is 148 Å². The molecule has 0 saturated heterocycles. The number of nitrogens with one attached hydrogen (secondary N) is 1. The van der Waals surface area contributed by atoms with E-state index in [1.807, 2.05) is 25.4 Å². The third-order valence-electron chi connectivity index (χ3n) is 4.44. The summed E-state index contributed by atoms with van der Waals surface area (Å²) in [4.78, 5) is 3.50. The second-order valence-electron chi connectivity index (χ2n) is 6.46. The van der Waals surface area contributed by atoms with Crippen molar-refractivity contribution in [3.8, 4) is 11.5 Å². The first-order valence-corrected chi connectivity index (χ1v) is 9.24. The van der Waals surface area contributed by atoms with Crippen LogP contribution in [0.15, 0.2) is 23.6 Å². The Morgan fingerprint density at radius 2 is 2.12 bits per heavy atom. The van der Waals surface area contributed by atoms with E-state index < -0.39 is 0 Å². The van der Waals surface area contributed by atoms with Crippen molar-refractivity contribution in [2.45, 2.75) is 19.4 Å². The van der Waals surface area contributed by atoms with Crippen LogP contribution in [0.2, 0.25) is 0 Å². The fraction of sp³-hybridized carbons (Fsp3) is 0.474. The van der Waals surface area contributed by atoms with Crippen LogP contribution in [0.3, 0.4) is 0 Å². The van der Waals surface area contributed by atoms with Crippen LogP contribution < -0.4 is 14.8 Å². The standard InChI is InChI=1S/C19H26N2O2S/c1-13-6-10-24-19(13)18-15-12-17(23-9-8-21(2)3)16(22-4)11-14(15)5-7-20-18/h6,10-12,18,20H,5,7-9H2,1-4H3. The molecule has 1 aromatic heterocycles. The summed E-state index contributed by atoms with van der Waals surface area (Å²) in [6.45, 7) is 4.70. The van der Waals surface area contributed by atoms with Crippen molar-refractivity contribution in [1.29, 1.82) is 0 Å². The fourth-order valence-electron chi connectivity index (χ4n) is 3.09. The molecule has 0 saturated carbocycles. The minimum Gasteiger partial charge on any atom is -0.493 e. The molecule has 0 amide bonds. The summed E-state index contributed by atoms with van der Waals surface area (Å²) in [5, 5.41) is 5.83. The van der Waals surface area contributed by atoms with Gasteiger partial charge in [-0.2, -0.15) is 0 Å². The molecule has 2 heterocycles. The van der Waals surface area contributed by atoms with Gasteiger partial charge in [0.1, 0.15) is 6.61 Å². The number of likely N-dealkylation sites (N-methyl/N-ethyl adjacent to an activating group) is 1. The number of thiophene rings is 1. The van der Waals surface area contributed by atoms with E-state index in [1.165, 1.54) is 21.6 Å². The molecule has 1 aliphatic rings. The number of methoxy groups -OCH3 is 1. The maximum Gasteiger partial charge on any atom is 0.161 e. The summed E-state index contributed by atoms with van der Waals surface area (Å²) < 4.78 is 11.6. The highest BCUT2D eigenvalue weighted by molar-refractivity contribution is 7.10. The summed E-state index contributed by atoms with van der Waals surface area (Å²) >= 11 is 1.82. The highest BCUT2D eigenvalue weighted by atomic mass is 32.1. The van der Waals surface area contributed by atoms with Gasteiger partial charge in [-0.15, -0.1) is 11.3 Å². The van der Waals surface area contributed by atoms with Crippen LogP contribution in [-0.2, 0) is 6.42 Å². The highest BCUT2D eigenvalue weighted by Gasteiger charge is 2.25. The lowest BCUT2D eigenvalue weighted by atomic mass is 9.91. The van der Waals surface area contributed by atoms with Crippen LogP contribution in [0.4, 0.5) is 0 Å². The summed E-state index contributed by atoms with van der Waals surface area (Å²) in [6, 6.07) is 6.75. The lowest BCUT2D eigenvalue weighted by Crippen LogP contribution is -2.30. The van der Waals surface area contributed by atoms with E-state index in [9.17, 15) is 0 Å². The zero-order valence-electron chi connectivity index (χ0n) is 14.9. The fourth-order valence-corrected chi connectivity index (χ4v) is 4.11. The predicted octanol–water partition coefficient (Wildman–Crippen LogP) is 3.24. The van der Waals surface area contributed by atoms with Gasteiger partial charge >= 0.3 is 0 Å². The molecule has 0 spiro atoms. The van der Waals surface area contributed by atoms with E-state index in [0.717, 1.165) is 31.0 Å². The van der Waals surface area contributed by atoms with Crippen molar-refractivity contribution < 1.29 is 9.47 Å². The first-order valence-electron chi connectivity index (χ1n) is 8.36. The molecule has 3 rings (SSSR count). The van der Waals surface area contributed by atoms with Gasteiger partial charge in [0.25, 0.3) is 0 Å². The molecule has 0 bridgehead atoms. The van der Waals surface area contributed by atoms with E-state index in [0.29, 0.717) is 6.61 Å². The van der Waals surface area contributed by atoms with Crippen LogP contribution in [0.1, 0.15) is 27.6 Å². The van der Waals surface area contributed by atoms with E-state index in [2.05, 4.69) is 40.7 Å². The number of rotatable bonds is 6. The molecule has 24 heavy (non-hydrogen) atoms. The molecular weight excluding hydrogens is 320 g/mol. The molecule has 1 aliphatic heterocycles. The summed E-state index contributed by atoms with van der Waals surface area (Å²) in [5.74, 6) is 1.66. The molecule has 0 radical (unpaired) electrons. The molecule has 0 fully saturated rings. The van der Waals surface area contributed by atoms with Crippen molar-refractivity contribution in [1.82, 2.24) is 10.2 Å². The zero-order valence-corrected chi connectivity index (χ0v) is 15.7. The molecular formula is C19H26N2O2S. The molecule has 5 heteroatoms. The molecule has 4 nitrogen and oxygen atoms in total. The van der Waals surface area contributed by atoms with Crippen molar-refractivity contribution in [2.75, 3.05) is 40.9 Å². The molecule has 2 aromatic rings. The second kappa shape index (κ2) is 7.55. The quantitative estimate of drug-likeness (QED) is 0.871. The lowest BCUT2D eigenvalue weighted by molar-refractivity contribution is 0.250. The van der Waals surface area contributed by atoms with Crippen LogP contribution >= 0.6 is 11.3 Å². The Morgan fingerprint density at radius 3 is 2.79 bits per heavy atom. The average Bonchev–Trinajstić information content (AvgIpc) is 2.99. The molecule has 1 aromatic carbocycles. The first kappa shape index (κ1) is 17.3. The normalized spacial score (nSPS) is 17.0. The maximum atomic E-state index is 6.01. The molecule has 1 N–H and O–H groups in total. The van der Waals surface area contributed by atoms with Crippen molar-refractivity contribution in [3.63, 3.8) is 0 Å². The number of nitrogens with zero attached hydrogens (tertiary/aromatic N) is 1. The highest BCUT2D eigenvalue weighted by Crippen LogP contribution is 2.39. The number of hydrogen-bond donors (Lipinski definition) is 1.